The van der Waals surface area contributed by atoms with Crippen LogP contribution in [0.1, 0.15) is 39.5 Å². The van der Waals surface area contributed by atoms with Crippen molar-refractivity contribution in [3.05, 3.63) is 52.4 Å². The lowest BCUT2D eigenvalue weighted by molar-refractivity contribution is 0.0910. The van der Waals surface area contributed by atoms with Crippen LogP contribution in [0.5, 0.6) is 0 Å². The number of hydrogen-bond donors (Lipinski definition) is 2. The van der Waals surface area contributed by atoms with Gasteiger partial charge in [0.2, 0.25) is 10.0 Å². The zero-order valence-corrected chi connectivity index (χ0v) is 17.5. The van der Waals surface area contributed by atoms with Crippen LogP contribution in [0.3, 0.4) is 0 Å². The summed E-state index contributed by atoms with van der Waals surface area (Å²) in [5.41, 5.74) is 0.458. The molecule has 0 spiro atoms. The highest BCUT2D eigenvalue weighted by atomic mass is 35.5. The fourth-order valence-corrected chi connectivity index (χ4v) is 4.85. The highest BCUT2D eigenvalue weighted by molar-refractivity contribution is 7.89. The van der Waals surface area contributed by atoms with Gasteiger partial charge in [0.05, 0.1) is 0 Å². The monoisotopic (exact) mass is 439 g/mol. The standard InChI is InChI=1S/C19H22ClN3O5S/c1-13-17(29(26,27)23-10-2-3-11-23)12-16(28-13)19(25)22-9-8-21-18(24)14-4-6-15(20)7-5-14/h4-7,12H,2-3,8-11H2,1H3,(H,21,24)(H,22,25). The molecule has 1 aliphatic heterocycles. The minimum absolute atomic E-state index is 0.0144. The molecule has 156 valence electrons. The van der Waals surface area contributed by atoms with Gasteiger partial charge in [-0.2, -0.15) is 4.31 Å². The molecular weight excluding hydrogens is 418 g/mol. The van der Waals surface area contributed by atoms with E-state index in [0.29, 0.717) is 23.7 Å². The fourth-order valence-electron chi connectivity index (χ4n) is 3.04. The molecule has 0 saturated carbocycles. The second-order valence-corrected chi connectivity index (χ2v) is 9.00. The van der Waals surface area contributed by atoms with Crippen molar-refractivity contribution in [1.82, 2.24) is 14.9 Å². The van der Waals surface area contributed by atoms with Gasteiger partial charge in [0, 0.05) is 42.8 Å². The van der Waals surface area contributed by atoms with Gasteiger partial charge in [-0.3, -0.25) is 9.59 Å². The first-order chi connectivity index (χ1) is 13.8. The summed E-state index contributed by atoms with van der Waals surface area (Å²) < 4.78 is 32.1. The predicted molar refractivity (Wildman–Crippen MR) is 108 cm³/mol. The number of amides is 2. The van der Waals surface area contributed by atoms with E-state index in [1.165, 1.54) is 17.3 Å². The van der Waals surface area contributed by atoms with Crippen LogP contribution in [-0.4, -0.2) is 50.7 Å². The number of rotatable bonds is 7. The number of furan rings is 1. The second-order valence-electron chi connectivity index (χ2n) is 6.66. The molecular formula is C19H22ClN3O5S. The first-order valence-corrected chi connectivity index (χ1v) is 11.0. The number of hydrogen-bond acceptors (Lipinski definition) is 5. The maximum Gasteiger partial charge on any atom is 0.287 e. The Morgan fingerprint density at radius 2 is 1.66 bits per heavy atom. The second kappa shape index (κ2) is 8.98. The first kappa shape index (κ1) is 21.4. The first-order valence-electron chi connectivity index (χ1n) is 9.21. The Labute approximate surface area is 174 Å². The van der Waals surface area contributed by atoms with Crippen molar-refractivity contribution in [2.45, 2.75) is 24.7 Å². The molecule has 8 nitrogen and oxygen atoms in total. The van der Waals surface area contributed by atoms with Crippen molar-refractivity contribution in [1.29, 1.82) is 0 Å². The SMILES string of the molecule is Cc1oc(C(=O)NCCNC(=O)c2ccc(Cl)cc2)cc1S(=O)(=O)N1CCCC1. The van der Waals surface area contributed by atoms with E-state index in [-0.39, 0.29) is 35.4 Å². The van der Waals surface area contributed by atoms with Crippen molar-refractivity contribution in [2.75, 3.05) is 26.2 Å². The topological polar surface area (TPSA) is 109 Å². The molecule has 0 unspecified atom stereocenters. The van der Waals surface area contributed by atoms with E-state index < -0.39 is 15.9 Å². The van der Waals surface area contributed by atoms with Crippen LogP contribution in [-0.2, 0) is 10.0 Å². The zero-order chi connectivity index (χ0) is 21.0. The quantitative estimate of drug-likeness (QED) is 0.643. The van der Waals surface area contributed by atoms with Gasteiger partial charge < -0.3 is 15.1 Å². The molecule has 29 heavy (non-hydrogen) atoms. The highest BCUT2D eigenvalue weighted by Gasteiger charge is 2.31. The summed E-state index contributed by atoms with van der Waals surface area (Å²) in [6.45, 7) is 2.83. The molecule has 1 saturated heterocycles. The molecule has 0 bridgehead atoms. The third kappa shape index (κ3) is 4.98. The lowest BCUT2D eigenvalue weighted by atomic mass is 10.2. The number of nitrogens with one attached hydrogen (secondary N) is 2. The zero-order valence-electron chi connectivity index (χ0n) is 15.9. The van der Waals surface area contributed by atoms with E-state index in [1.54, 1.807) is 24.3 Å². The minimum Gasteiger partial charge on any atom is -0.455 e. The van der Waals surface area contributed by atoms with Gasteiger partial charge >= 0.3 is 0 Å². The molecule has 1 aromatic heterocycles. The summed E-state index contributed by atoms with van der Waals surface area (Å²) in [5, 5.41) is 5.81. The number of nitrogens with zero attached hydrogens (tertiary/aromatic N) is 1. The molecule has 2 N–H and O–H groups in total. The normalized spacial score (nSPS) is 14.7. The van der Waals surface area contributed by atoms with Crippen LogP contribution < -0.4 is 10.6 Å². The number of sulfonamides is 1. The van der Waals surface area contributed by atoms with Crippen molar-refractivity contribution in [3.63, 3.8) is 0 Å². The van der Waals surface area contributed by atoms with Gasteiger partial charge in [0.1, 0.15) is 10.7 Å². The van der Waals surface area contributed by atoms with Gasteiger partial charge in [-0.1, -0.05) is 11.6 Å². The summed E-state index contributed by atoms with van der Waals surface area (Å²) in [6.07, 6.45) is 1.65. The average molecular weight is 440 g/mol. The van der Waals surface area contributed by atoms with Crippen LogP contribution >= 0.6 is 11.6 Å². The fraction of sp³-hybridized carbons (Fsp3) is 0.368. The molecule has 0 aliphatic carbocycles. The summed E-state index contributed by atoms with van der Waals surface area (Å²) in [7, 11) is -3.66. The summed E-state index contributed by atoms with van der Waals surface area (Å²) in [5.74, 6) is -0.733. The van der Waals surface area contributed by atoms with Crippen molar-refractivity contribution >= 4 is 33.4 Å². The molecule has 0 radical (unpaired) electrons. The summed E-state index contributed by atoms with van der Waals surface area (Å²) in [6, 6.07) is 7.69. The maximum absolute atomic E-state index is 12.7. The Balaban J connectivity index is 1.53. The molecule has 2 aromatic rings. The van der Waals surface area contributed by atoms with E-state index in [0.717, 1.165) is 12.8 Å². The third-order valence-corrected chi connectivity index (χ3v) is 6.84. The van der Waals surface area contributed by atoms with Crippen LogP contribution in [0.4, 0.5) is 0 Å². The predicted octanol–water partition coefficient (Wildman–Crippen LogP) is 2.19. The average Bonchev–Trinajstić information content (AvgIpc) is 3.36. The van der Waals surface area contributed by atoms with Crippen molar-refractivity contribution < 1.29 is 22.4 Å². The molecule has 2 heterocycles. The Morgan fingerprint density at radius 3 is 2.28 bits per heavy atom. The molecule has 1 fully saturated rings. The van der Waals surface area contributed by atoms with Gasteiger partial charge in [0.25, 0.3) is 11.8 Å². The van der Waals surface area contributed by atoms with E-state index in [4.69, 9.17) is 16.0 Å². The number of aryl methyl sites for hydroxylation is 1. The van der Waals surface area contributed by atoms with Crippen molar-refractivity contribution in [3.8, 4) is 0 Å². The molecule has 0 atom stereocenters. The maximum atomic E-state index is 12.7. The summed E-state index contributed by atoms with van der Waals surface area (Å²) >= 11 is 5.79. The van der Waals surface area contributed by atoms with E-state index in [9.17, 15) is 18.0 Å². The number of halogens is 1. The van der Waals surface area contributed by atoms with Gasteiger partial charge in [-0.25, -0.2) is 8.42 Å². The van der Waals surface area contributed by atoms with Crippen LogP contribution in [0.2, 0.25) is 5.02 Å². The lowest BCUT2D eigenvalue weighted by Crippen LogP contribution is -2.34. The lowest BCUT2D eigenvalue weighted by Gasteiger charge is -2.14. The smallest absolute Gasteiger partial charge is 0.287 e. The Bertz CT molecular complexity index is 995. The van der Waals surface area contributed by atoms with Crippen LogP contribution in [0.25, 0.3) is 0 Å². The highest BCUT2D eigenvalue weighted by Crippen LogP contribution is 2.26. The number of carbonyl (C=O) groups excluding carboxylic acids is 2. The van der Waals surface area contributed by atoms with Crippen LogP contribution in [0, 0.1) is 6.92 Å². The van der Waals surface area contributed by atoms with Gasteiger partial charge in [-0.05, 0) is 44.0 Å². The Kier molecular flexibility index (Phi) is 6.61. The van der Waals surface area contributed by atoms with Crippen LogP contribution in [0.15, 0.2) is 39.6 Å². The molecule has 1 aliphatic rings. The molecule has 1 aromatic carbocycles. The van der Waals surface area contributed by atoms with E-state index >= 15 is 0 Å². The van der Waals surface area contributed by atoms with Gasteiger partial charge in [-0.15, -0.1) is 0 Å². The molecule has 3 rings (SSSR count). The number of carbonyl (C=O) groups is 2. The van der Waals surface area contributed by atoms with E-state index in [2.05, 4.69) is 10.6 Å². The Hall–Kier alpha value is -2.36. The van der Waals surface area contributed by atoms with Gasteiger partial charge in [0.15, 0.2) is 5.76 Å². The Morgan fingerprint density at radius 1 is 1.07 bits per heavy atom. The van der Waals surface area contributed by atoms with Crippen molar-refractivity contribution in [2.24, 2.45) is 0 Å². The van der Waals surface area contributed by atoms with E-state index in [1.807, 2.05) is 0 Å². The minimum atomic E-state index is -3.66. The molecule has 10 heteroatoms. The largest absolute Gasteiger partial charge is 0.455 e. The third-order valence-electron chi connectivity index (χ3n) is 4.58. The number of benzene rings is 1. The molecule has 2 amide bonds. The summed E-state index contributed by atoms with van der Waals surface area (Å²) in [4.78, 5) is 24.3.